The maximum absolute atomic E-state index is 11.8. The average Bonchev–Trinajstić information content (AvgIpc) is 2.55. The van der Waals surface area contributed by atoms with Crippen molar-refractivity contribution in [3.05, 3.63) is 29.8 Å². The van der Waals surface area contributed by atoms with Crippen LogP contribution in [0.5, 0.6) is 0 Å². The normalized spacial score (nSPS) is 10.0. The van der Waals surface area contributed by atoms with Crippen LogP contribution in [0.1, 0.15) is 17.3 Å². The second-order valence-electron chi connectivity index (χ2n) is 4.31. The number of para-hydroxylation sites is 1. The van der Waals surface area contributed by atoms with Crippen LogP contribution >= 0.6 is 0 Å². The summed E-state index contributed by atoms with van der Waals surface area (Å²) in [5.41, 5.74) is 0.365. The van der Waals surface area contributed by atoms with Gasteiger partial charge in [-0.2, -0.15) is 0 Å². The van der Waals surface area contributed by atoms with Crippen LogP contribution < -0.4 is 10.6 Å². The SMILES string of the molecule is CCOC(=O)c1ccccc1NC(=O)C(=O)NCCOCCO. The van der Waals surface area contributed by atoms with Crippen molar-refractivity contribution in [1.29, 1.82) is 0 Å². The van der Waals surface area contributed by atoms with Crippen molar-refractivity contribution >= 4 is 23.5 Å². The van der Waals surface area contributed by atoms with E-state index in [2.05, 4.69) is 10.6 Å². The number of rotatable bonds is 8. The molecule has 1 aromatic rings. The van der Waals surface area contributed by atoms with Gasteiger partial charge >= 0.3 is 17.8 Å². The third-order valence-corrected chi connectivity index (χ3v) is 2.64. The van der Waals surface area contributed by atoms with Gasteiger partial charge < -0.3 is 25.2 Å². The summed E-state index contributed by atoms with van der Waals surface area (Å²) < 4.78 is 9.84. The summed E-state index contributed by atoms with van der Waals surface area (Å²) in [6, 6.07) is 6.25. The van der Waals surface area contributed by atoms with Crippen LogP contribution in [0.2, 0.25) is 0 Å². The molecule has 0 heterocycles. The molecule has 1 aromatic carbocycles. The molecule has 0 atom stereocenters. The highest BCUT2D eigenvalue weighted by atomic mass is 16.5. The minimum Gasteiger partial charge on any atom is -0.462 e. The van der Waals surface area contributed by atoms with Gasteiger partial charge in [-0.05, 0) is 19.1 Å². The van der Waals surface area contributed by atoms with Gasteiger partial charge in [-0.15, -0.1) is 0 Å². The Morgan fingerprint density at radius 2 is 1.87 bits per heavy atom. The Morgan fingerprint density at radius 1 is 1.13 bits per heavy atom. The number of benzene rings is 1. The fraction of sp³-hybridized carbons (Fsp3) is 0.400. The largest absolute Gasteiger partial charge is 0.462 e. The van der Waals surface area contributed by atoms with E-state index in [1.165, 1.54) is 12.1 Å². The van der Waals surface area contributed by atoms with Crippen molar-refractivity contribution in [2.75, 3.05) is 38.3 Å². The monoisotopic (exact) mass is 324 g/mol. The Hall–Kier alpha value is -2.45. The summed E-state index contributed by atoms with van der Waals surface area (Å²) in [6.45, 7) is 2.24. The Bertz CT molecular complexity index is 547. The molecule has 0 fully saturated rings. The minimum absolute atomic E-state index is 0.112. The highest BCUT2D eigenvalue weighted by molar-refractivity contribution is 6.40. The summed E-state index contributed by atoms with van der Waals surface area (Å²) >= 11 is 0. The predicted octanol–water partition coefficient (Wildman–Crippen LogP) is -0.0731. The first-order chi connectivity index (χ1) is 11.1. The lowest BCUT2D eigenvalue weighted by molar-refractivity contribution is -0.136. The third kappa shape index (κ3) is 6.45. The maximum atomic E-state index is 11.8. The molecule has 0 aliphatic carbocycles. The Morgan fingerprint density at radius 3 is 2.57 bits per heavy atom. The van der Waals surface area contributed by atoms with Crippen molar-refractivity contribution in [1.82, 2.24) is 5.32 Å². The summed E-state index contributed by atoms with van der Waals surface area (Å²) in [4.78, 5) is 35.2. The number of anilines is 1. The van der Waals surface area contributed by atoms with Gasteiger partial charge in [0.15, 0.2) is 0 Å². The van der Waals surface area contributed by atoms with Crippen molar-refractivity contribution in [3.63, 3.8) is 0 Å². The molecular formula is C15H20N2O6. The fourth-order valence-electron chi connectivity index (χ4n) is 1.64. The highest BCUT2D eigenvalue weighted by Gasteiger charge is 2.18. The molecule has 0 aromatic heterocycles. The lowest BCUT2D eigenvalue weighted by Crippen LogP contribution is -2.37. The molecule has 0 aliphatic rings. The van der Waals surface area contributed by atoms with Crippen LogP contribution in [0.4, 0.5) is 5.69 Å². The van der Waals surface area contributed by atoms with Crippen LogP contribution in [-0.2, 0) is 19.1 Å². The van der Waals surface area contributed by atoms with Gasteiger partial charge in [-0.1, -0.05) is 12.1 Å². The van der Waals surface area contributed by atoms with Gasteiger partial charge in [0.2, 0.25) is 0 Å². The predicted molar refractivity (Wildman–Crippen MR) is 81.9 cm³/mol. The second-order valence-corrected chi connectivity index (χ2v) is 4.31. The molecule has 23 heavy (non-hydrogen) atoms. The molecule has 1 rings (SSSR count). The van der Waals surface area contributed by atoms with E-state index in [1.54, 1.807) is 19.1 Å². The first kappa shape index (κ1) is 18.6. The number of nitrogens with one attached hydrogen (secondary N) is 2. The van der Waals surface area contributed by atoms with Crippen molar-refractivity contribution in [2.24, 2.45) is 0 Å². The molecule has 0 saturated heterocycles. The zero-order valence-electron chi connectivity index (χ0n) is 12.8. The van der Waals surface area contributed by atoms with Crippen LogP contribution in [0.3, 0.4) is 0 Å². The Balaban J connectivity index is 2.56. The van der Waals surface area contributed by atoms with Gasteiger partial charge in [0, 0.05) is 6.54 Å². The van der Waals surface area contributed by atoms with Crippen LogP contribution in [0.25, 0.3) is 0 Å². The first-order valence-electron chi connectivity index (χ1n) is 7.14. The van der Waals surface area contributed by atoms with Crippen LogP contribution in [0.15, 0.2) is 24.3 Å². The van der Waals surface area contributed by atoms with E-state index < -0.39 is 17.8 Å². The van der Waals surface area contributed by atoms with E-state index in [0.29, 0.717) is 0 Å². The summed E-state index contributed by atoms with van der Waals surface area (Å²) in [7, 11) is 0. The molecule has 0 spiro atoms. The Labute approximate surface area is 133 Å². The number of ether oxygens (including phenoxy) is 2. The van der Waals surface area contributed by atoms with E-state index in [9.17, 15) is 14.4 Å². The number of esters is 1. The quantitative estimate of drug-likeness (QED) is 0.350. The summed E-state index contributed by atoms with van der Waals surface area (Å²) in [5, 5.41) is 13.3. The minimum atomic E-state index is -0.899. The van der Waals surface area contributed by atoms with E-state index in [0.717, 1.165) is 0 Å². The molecule has 8 heteroatoms. The van der Waals surface area contributed by atoms with Gasteiger partial charge in [0.05, 0.1) is 37.7 Å². The number of carbonyl (C=O) groups is 3. The highest BCUT2D eigenvalue weighted by Crippen LogP contribution is 2.16. The van der Waals surface area contributed by atoms with Crippen molar-refractivity contribution in [3.8, 4) is 0 Å². The molecule has 126 valence electrons. The molecule has 0 radical (unpaired) electrons. The number of aliphatic hydroxyl groups excluding tert-OH is 1. The van der Waals surface area contributed by atoms with E-state index in [-0.39, 0.29) is 44.2 Å². The lowest BCUT2D eigenvalue weighted by Gasteiger charge is -2.10. The first-order valence-corrected chi connectivity index (χ1v) is 7.14. The second kappa shape index (κ2) is 10.3. The van der Waals surface area contributed by atoms with Crippen molar-refractivity contribution < 1.29 is 29.0 Å². The number of amides is 2. The van der Waals surface area contributed by atoms with E-state index in [4.69, 9.17) is 14.6 Å². The van der Waals surface area contributed by atoms with Crippen molar-refractivity contribution in [2.45, 2.75) is 6.92 Å². The Kier molecular flexibility index (Phi) is 8.33. The number of aliphatic hydroxyl groups is 1. The molecule has 3 N–H and O–H groups in total. The molecule has 8 nitrogen and oxygen atoms in total. The summed E-state index contributed by atoms with van der Waals surface area (Å²) in [5.74, 6) is -2.33. The molecule has 2 amide bonds. The van der Waals surface area contributed by atoms with E-state index >= 15 is 0 Å². The van der Waals surface area contributed by atoms with E-state index in [1.807, 2.05) is 0 Å². The molecule has 0 unspecified atom stereocenters. The zero-order chi connectivity index (χ0) is 17.1. The number of carbonyl (C=O) groups excluding carboxylic acids is 3. The average molecular weight is 324 g/mol. The molecule has 0 aliphatic heterocycles. The fourth-order valence-corrected chi connectivity index (χ4v) is 1.64. The van der Waals surface area contributed by atoms with Crippen LogP contribution in [-0.4, -0.2) is 55.9 Å². The smallest absolute Gasteiger partial charge is 0.340 e. The maximum Gasteiger partial charge on any atom is 0.340 e. The molecule has 0 saturated carbocycles. The third-order valence-electron chi connectivity index (χ3n) is 2.64. The number of hydrogen-bond donors (Lipinski definition) is 3. The topological polar surface area (TPSA) is 114 Å². The van der Waals surface area contributed by atoms with Gasteiger partial charge in [0.1, 0.15) is 0 Å². The molecule has 0 bridgehead atoms. The number of hydrogen-bond acceptors (Lipinski definition) is 6. The zero-order valence-corrected chi connectivity index (χ0v) is 12.8. The summed E-state index contributed by atoms with van der Waals surface area (Å²) in [6.07, 6.45) is 0. The van der Waals surface area contributed by atoms with Gasteiger partial charge in [0.25, 0.3) is 0 Å². The standard InChI is InChI=1S/C15H20N2O6/c1-2-23-15(21)11-5-3-4-6-12(11)17-14(20)13(19)16-7-9-22-10-8-18/h3-6,18H,2,7-10H2,1H3,(H,16,19)(H,17,20). The van der Waals surface area contributed by atoms with Gasteiger partial charge in [-0.25, -0.2) is 4.79 Å². The van der Waals surface area contributed by atoms with Gasteiger partial charge in [-0.3, -0.25) is 9.59 Å². The lowest BCUT2D eigenvalue weighted by atomic mass is 10.2. The van der Waals surface area contributed by atoms with Crippen LogP contribution in [0, 0.1) is 0 Å². The molecular weight excluding hydrogens is 304 g/mol.